The van der Waals surface area contributed by atoms with Crippen LogP contribution in [0.25, 0.3) is 0 Å². The monoisotopic (exact) mass is 672 g/mol. The number of rotatable bonds is 6. The number of amides is 1. The first kappa shape index (κ1) is 34.3. The highest BCUT2D eigenvalue weighted by molar-refractivity contribution is 7.90. The summed E-state index contributed by atoms with van der Waals surface area (Å²) in [5.41, 5.74) is 3.31. The van der Waals surface area contributed by atoms with E-state index in [9.17, 15) is 23.1 Å². The Balaban J connectivity index is 1.57. The molecule has 46 heavy (non-hydrogen) atoms. The van der Waals surface area contributed by atoms with Crippen LogP contribution < -0.4 is 14.4 Å². The molecule has 9 nitrogen and oxygen atoms in total. The van der Waals surface area contributed by atoms with Gasteiger partial charge in [-0.2, -0.15) is 0 Å². The minimum Gasteiger partial charge on any atom is -0.491 e. The number of aryl methyl sites for hydroxylation is 1. The molecule has 0 radical (unpaired) electrons. The first-order valence-electron chi connectivity index (χ1n) is 16.3. The number of halogens is 1. The SMILES string of the molecule is CCCc1cc(Cl)ccc1[C@@H]1COc2ccc3cc2N(C1)C[C@@H]1CC[C@H]1[C@@H](OCC(=O)O)/C=C/[C@H](C)[C@H](C)[C@@H](C)S(=O)(=O)NC3=O. The van der Waals surface area contributed by atoms with Gasteiger partial charge in [-0.3, -0.25) is 4.79 Å². The third-order valence-electron chi connectivity index (χ3n) is 10.2. The molecule has 2 aromatic carbocycles. The van der Waals surface area contributed by atoms with Crippen LogP contribution in [0.3, 0.4) is 0 Å². The Kier molecular flexibility index (Phi) is 10.7. The number of anilines is 1. The average molecular weight is 673 g/mol. The lowest BCUT2D eigenvalue weighted by Crippen LogP contribution is -2.45. The molecule has 250 valence electrons. The predicted molar refractivity (Wildman–Crippen MR) is 179 cm³/mol. The van der Waals surface area contributed by atoms with Gasteiger partial charge in [-0.05, 0) is 91.3 Å². The molecule has 0 saturated heterocycles. The zero-order valence-corrected chi connectivity index (χ0v) is 28.5. The van der Waals surface area contributed by atoms with Crippen molar-refractivity contribution < 1.29 is 32.6 Å². The van der Waals surface area contributed by atoms with E-state index in [2.05, 4.69) is 22.6 Å². The molecule has 2 aliphatic heterocycles. The molecule has 1 fully saturated rings. The number of sulfonamides is 1. The van der Waals surface area contributed by atoms with Crippen LogP contribution >= 0.6 is 11.6 Å². The lowest BCUT2D eigenvalue weighted by Gasteiger charge is -2.44. The maximum Gasteiger partial charge on any atom is 0.329 e. The van der Waals surface area contributed by atoms with Crippen molar-refractivity contribution in [3.05, 3.63) is 70.3 Å². The molecule has 0 unspecified atom stereocenters. The molecule has 2 N–H and O–H groups in total. The number of hydrogen-bond acceptors (Lipinski definition) is 7. The predicted octanol–water partition coefficient (Wildman–Crippen LogP) is 6.06. The van der Waals surface area contributed by atoms with E-state index < -0.39 is 39.9 Å². The van der Waals surface area contributed by atoms with Gasteiger partial charge in [0.25, 0.3) is 5.91 Å². The van der Waals surface area contributed by atoms with Gasteiger partial charge in [-0.1, -0.05) is 57.0 Å². The van der Waals surface area contributed by atoms with Gasteiger partial charge in [0.2, 0.25) is 10.0 Å². The van der Waals surface area contributed by atoms with Crippen molar-refractivity contribution in [3.8, 4) is 5.75 Å². The molecule has 1 aliphatic carbocycles. The second-order valence-corrected chi connectivity index (χ2v) is 15.6. The summed E-state index contributed by atoms with van der Waals surface area (Å²) < 4.78 is 41.4. The zero-order chi connectivity index (χ0) is 33.2. The van der Waals surface area contributed by atoms with Crippen molar-refractivity contribution >= 4 is 39.2 Å². The number of fused-ring (bicyclic) bond motifs is 2. The second-order valence-electron chi connectivity index (χ2n) is 13.1. The Morgan fingerprint density at radius 3 is 2.59 bits per heavy atom. The van der Waals surface area contributed by atoms with Crippen molar-refractivity contribution in [1.29, 1.82) is 0 Å². The molecular formula is C35H45ClN2O7S. The summed E-state index contributed by atoms with van der Waals surface area (Å²) in [4.78, 5) is 27.2. The van der Waals surface area contributed by atoms with E-state index in [0.29, 0.717) is 30.5 Å². The van der Waals surface area contributed by atoms with E-state index in [0.717, 1.165) is 31.4 Å². The van der Waals surface area contributed by atoms with E-state index in [1.807, 2.05) is 38.1 Å². The number of carbonyl (C=O) groups is 2. The number of nitrogens with one attached hydrogen (secondary N) is 1. The summed E-state index contributed by atoms with van der Waals surface area (Å²) in [6, 6.07) is 11.1. The molecule has 1 saturated carbocycles. The van der Waals surface area contributed by atoms with Gasteiger partial charge in [0.05, 0.1) is 23.6 Å². The van der Waals surface area contributed by atoms with Crippen LogP contribution in [0.2, 0.25) is 5.02 Å². The summed E-state index contributed by atoms with van der Waals surface area (Å²) in [5.74, 6) is -1.30. The number of ether oxygens (including phenoxy) is 2. The lowest BCUT2D eigenvalue weighted by atomic mass is 9.69. The van der Waals surface area contributed by atoms with Crippen LogP contribution in [-0.2, 0) is 26.0 Å². The molecule has 2 aromatic rings. The van der Waals surface area contributed by atoms with Crippen LogP contribution in [0.1, 0.15) is 74.4 Å². The van der Waals surface area contributed by atoms with Crippen LogP contribution in [0.5, 0.6) is 5.75 Å². The van der Waals surface area contributed by atoms with E-state index in [-0.39, 0.29) is 35.2 Å². The largest absolute Gasteiger partial charge is 0.491 e. The van der Waals surface area contributed by atoms with Crippen molar-refractivity contribution in [3.63, 3.8) is 0 Å². The molecule has 0 spiro atoms. The molecule has 11 heteroatoms. The van der Waals surface area contributed by atoms with Crippen molar-refractivity contribution in [2.45, 2.75) is 70.7 Å². The van der Waals surface area contributed by atoms with Crippen LogP contribution in [0.4, 0.5) is 5.69 Å². The number of carboxylic acid groups (broad SMARTS) is 1. The minimum absolute atomic E-state index is 0.00938. The third kappa shape index (κ3) is 7.55. The van der Waals surface area contributed by atoms with Gasteiger partial charge in [0.1, 0.15) is 12.4 Å². The topological polar surface area (TPSA) is 122 Å². The fourth-order valence-corrected chi connectivity index (χ4v) is 8.50. The Morgan fingerprint density at radius 2 is 1.89 bits per heavy atom. The van der Waals surface area contributed by atoms with Gasteiger partial charge < -0.3 is 19.5 Å². The maximum absolute atomic E-state index is 13.4. The zero-order valence-electron chi connectivity index (χ0n) is 26.9. The lowest BCUT2D eigenvalue weighted by molar-refractivity contribution is -0.145. The van der Waals surface area contributed by atoms with E-state index >= 15 is 0 Å². The second kappa shape index (κ2) is 14.4. The van der Waals surface area contributed by atoms with Gasteiger partial charge in [0.15, 0.2) is 0 Å². The highest BCUT2D eigenvalue weighted by Crippen LogP contribution is 2.43. The van der Waals surface area contributed by atoms with Gasteiger partial charge in [-0.25, -0.2) is 17.9 Å². The first-order chi connectivity index (χ1) is 21.9. The number of allylic oxidation sites excluding steroid dienone is 1. The summed E-state index contributed by atoms with van der Waals surface area (Å²) >= 11 is 6.39. The third-order valence-corrected chi connectivity index (χ3v) is 12.3. The fraction of sp³-hybridized carbons (Fsp3) is 0.543. The fourth-order valence-electron chi connectivity index (χ4n) is 6.93. The van der Waals surface area contributed by atoms with Gasteiger partial charge >= 0.3 is 5.97 Å². The normalized spacial score (nSPS) is 30.2. The molecule has 3 aliphatic rings. The molecule has 7 atom stereocenters. The van der Waals surface area contributed by atoms with E-state index in [1.165, 1.54) is 11.1 Å². The number of carbonyl (C=O) groups excluding carboxylic acids is 1. The highest BCUT2D eigenvalue weighted by atomic mass is 35.5. The van der Waals surface area contributed by atoms with Gasteiger partial charge in [0, 0.05) is 29.6 Å². The number of carboxylic acids is 1. The van der Waals surface area contributed by atoms with E-state index in [1.54, 1.807) is 25.1 Å². The smallest absolute Gasteiger partial charge is 0.329 e. The van der Waals surface area contributed by atoms with Crippen molar-refractivity contribution in [2.75, 3.05) is 31.2 Å². The average Bonchev–Trinajstić information content (AvgIpc) is 3.18. The standard InChI is InChI=1S/C35H45ClN2O7S/c1-5-6-24-15-28(36)10-12-29(24)27-18-38-17-26-8-11-30(26)32(45-20-34(39)40)13-7-21(2)22(3)23(4)46(42,43)37-35(41)25-9-14-33(44-19-27)31(38)16-25/h7,9-10,12-16,21-23,26-27,30,32H,5-6,8,11,17-20H2,1-4H3,(H,37,41)(H,39,40)/b13-7+/t21-,22-,23+,26-,27-,30+,32-/m0/s1. The molecule has 1 amide bonds. The molecule has 5 rings (SSSR count). The molecular weight excluding hydrogens is 628 g/mol. The highest BCUT2D eigenvalue weighted by Gasteiger charge is 2.40. The van der Waals surface area contributed by atoms with E-state index in [4.69, 9.17) is 21.1 Å². The summed E-state index contributed by atoms with van der Waals surface area (Å²) in [5, 5.41) is 9.25. The van der Waals surface area contributed by atoms with Crippen molar-refractivity contribution in [2.24, 2.45) is 23.7 Å². The van der Waals surface area contributed by atoms with Crippen molar-refractivity contribution in [1.82, 2.24) is 4.72 Å². The molecule has 0 aromatic heterocycles. The molecule has 2 heterocycles. The van der Waals surface area contributed by atoms with Gasteiger partial charge in [-0.15, -0.1) is 0 Å². The van der Waals surface area contributed by atoms with Crippen LogP contribution in [0, 0.1) is 23.7 Å². The van der Waals surface area contributed by atoms with Crippen LogP contribution in [0.15, 0.2) is 48.6 Å². The molecule has 2 bridgehead atoms. The Hall–Kier alpha value is -3.08. The maximum atomic E-state index is 13.4. The first-order valence-corrected chi connectivity index (χ1v) is 18.2. The quantitative estimate of drug-likeness (QED) is 0.355. The number of hydrogen-bond donors (Lipinski definition) is 2. The summed E-state index contributed by atoms with van der Waals surface area (Å²) in [6.07, 6.45) is 7.10. The number of aliphatic carboxylic acids is 1. The Bertz CT molecular complexity index is 1580. The minimum atomic E-state index is -4.01. The Labute approximate surface area is 277 Å². The Morgan fingerprint density at radius 1 is 1.11 bits per heavy atom. The summed E-state index contributed by atoms with van der Waals surface area (Å²) in [7, 11) is -4.01. The number of nitrogens with zero attached hydrogens (tertiary/aromatic N) is 1. The summed E-state index contributed by atoms with van der Waals surface area (Å²) in [6.45, 7) is 8.77. The van der Waals surface area contributed by atoms with Crippen LogP contribution in [-0.4, -0.2) is 63.1 Å². The number of benzene rings is 2.